The topological polar surface area (TPSA) is 38.0 Å². The molecule has 0 aliphatic carbocycles. The lowest BCUT2D eigenvalue weighted by atomic mass is 10.1. The Morgan fingerprint density at radius 3 is 3.00 bits per heavy atom. The highest BCUT2D eigenvalue weighted by Gasteiger charge is 2.23. The molecule has 0 aromatic carbocycles. The minimum Gasteiger partial charge on any atom is -0.392 e. The summed E-state index contributed by atoms with van der Waals surface area (Å²) < 4.78 is 1.88. The molecule has 2 atom stereocenters. The van der Waals surface area contributed by atoms with Gasteiger partial charge in [0.2, 0.25) is 0 Å². The molecule has 1 aromatic rings. The maximum absolute atomic E-state index is 10.2. The Labute approximate surface area is 101 Å². The number of nitrogens with zero attached hydrogens (tertiary/aromatic N) is 2. The number of rotatable bonds is 3. The average molecular weight is 240 g/mol. The number of hydrogen-bond donors (Lipinski definition) is 1. The second kappa shape index (κ2) is 5.23. The van der Waals surface area contributed by atoms with E-state index in [1.54, 1.807) is 0 Å². The number of aryl methyl sites for hydroxylation is 2. The summed E-state index contributed by atoms with van der Waals surface area (Å²) in [6.07, 6.45) is 4.23. The highest BCUT2D eigenvalue weighted by molar-refractivity contribution is 8.00. The lowest BCUT2D eigenvalue weighted by Crippen LogP contribution is -2.28. The molecule has 16 heavy (non-hydrogen) atoms. The lowest BCUT2D eigenvalue weighted by molar-refractivity contribution is 0.164. The van der Waals surface area contributed by atoms with Crippen LogP contribution < -0.4 is 0 Å². The van der Waals surface area contributed by atoms with Crippen LogP contribution in [0.5, 0.6) is 0 Å². The molecule has 1 aliphatic rings. The first-order valence-corrected chi connectivity index (χ1v) is 7.01. The molecule has 1 N–H and O–H groups in total. The first-order chi connectivity index (χ1) is 7.66. The van der Waals surface area contributed by atoms with Crippen LogP contribution in [0.1, 0.15) is 30.7 Å². The van der Waals surface area contributed by atoms with Gasteiger partial charge in [0.15, 0.2) is 0 Å². The molecule has 1 aliphatic heterocycles. The van der Waals surface area contributed by atoms with Crippen molar-refractivity contribution in [2.24, 2.45) is 7.05 Å². The van der Waals surface area contributed by atoms with Gasteiger partial charge in [0.25, 0.3) is 0 Å². The fourth-order valence-corrected chi connectivity index (χ4v) is 3.60. The summed E-state index contributed by atoms with van der Waals surface area (Å²) in [5, 5.41) is 14.9. The van der Waals surface area contributed by atoms with Gasteiger partial charge in [0.1, 0.15) is 0 Å². The van der Waals surface area contributed by atoms with Crippen LogP contribution in [-0.4, -0.2) is 32.0 Å². The summed E-state index contributed by atoms with van der Waals surface area (Å²) in [6, 6.07) is 2.07. The smallest absolute Gasteiger partial charge is 0.0713 e. The SMILES string of the molecule is Cc1cc(CC(O)C2CCCCS2)n(C)n1. The first-order valence-electron chi connectivity index (χ1n) is 5.96. The van der Waals surface area contributed by atoms with E-state index < -0.39 is 0 Å². The van der Waals surface area contributed by atoms with Gasteiger partial charge in [-0.05, 0) is 31.6 Å². The Balaban J connectivity index is 1.95. The van der Waals surface area contributed by atoms with Crippen molar-refractivity contribution >= 4 is 11.8 Å². The molecule has 4 heteroatoms. The molecule has 0 saturated carbocycles. The van der Waals surface area contributed by atoms with Crippen molar-refractivity contribution in [3.05, 3.63) is 17.5 Å². The quantitative estimate of drug-likeness (QED) is 0.877. The predicted octanol–water partition coefficient (Wildman–Crippen LogP) is 1.92. The van der Waals surface area contributed by atoms with Crippen LogP contribution >= 0.6 is 11.8 Å². The molecule has 90 valence electrons. The minimum atomic E-state index is -0.222. The summed E-state index contributed by atoms with van der Waals surface area (Å²) in [4.78, 5) is 0. The average Bonchev–Trinajstić information content (AvgIpc) is 2.59. The maximum atomic E-state index is 10.2. The Bertz CT molecular complexity index is 345. The van der Waals surface area contributed by atoms with E-state index in [1.165, 1.54) is 18.6 Å². The second-order valence-electron chi connectivity index (χ2n) is 4.58. The van der Waals surface area contributed by atoms with E-state index in [9.17, 15) is 5.11 Å². The summed E-state index contributed by atoms with van der Waals surface area (Å²) in [5.74, 6) is 1.20. The van der Waals surface area contributed by atoms with Crippen molar-refractivity contribution in [3.63, 3.8) is 0 Å². The molecule has 0 amide bonds. The molecule has 1 aromatic heterocycles. The normalized spacial score (nSPS) is 23.3. The Kier molecular flexibility index (Phi) is 3.92. The van der Waals surface area contributed by atoms with Crippen molar-refractivity contribution in [2.45, 2.75) is 44.0 Å². The molecule has 2 rings (SSSR count). The van der Waals surface area contributed by atoms with Gasteiger partial charge in [-0.1, -0.05) is 6.42 Å². The zero-order valence-corrected chi connectivity index (χ0v) is 10.8. The van der Waals surface area contributed by atoms with Crippen LogP contribution in [0.15, 0.2) is 6.07 Å². The van der Waals surface area contributed by atoms with Gasteiger partial charge in [-0.15, -0.1) is 0 Å². The van der Waals surface area contributed by atoms with Crippen LogP contribution in [-0.2, 0) is 13.5 Å². The van der Waals surface area contributed by atoms with E-state index in [0.717, 1.165) is 24.2 Å². The van der Waals surface area contributed by atoms with Gasteiger partial charge < -0.3 is 5.11 Å². The van der Waals surface area contributed by atoms with Crippen LogP contribution in [0.2, 0.25) is 0 Å². The highest BCUT2D eigenvalue weighted by Crippen LogP contribution is 2.28. The number of aliphatic hydroxyl groups excluding tert-OH is 1. The third-order valence-electron chi connectivity index (χ3n) is 3.16. The Morgan fingerprint density at radius 2 is 2.44 bits per heavy atom. The molecule has 0 bridgehead atoms. The third-order valence-corrected chi connectivity index (χ3v) is 4.66. The minimum absolute atomic E-state index is 0.222. The van der Waals surface area contributed by atoms with Crippen LogP contribution in [0.25, 0.3) is 0 Å². The second-order valence-corrected chi connectivity index (χ2v) is 5.92. The highest BCUT2D eigenvalue weighted by atomic mass is 32.2. The monoisotopic (exact) mass is 240 g/mol. The van der Waals surface area contributed by atoms with Gasteiger partial charge in [0, 0.05) is 24.4 Å². The predicted molar refractivity (Wildman–Crippen MR) is 67.8 cm³/mol. The van der Waals surface area contributed by atoms with Crippen LogP contribution in [0, 0.1) is 6.92 Å². The summed E-state index contributed by atoms with van der Waals surface area (Å²) >= 11 is 1.92. The number of aromatic nitrogens is 2. The zero-order chi connectivity index (χ0) is 11.5. The van der Waals surface area contributed by atoms with Gasteiger partial charge in [-0.2, -0.15) is 16.9 Å². The van der Waals surface area contributed by atoms with E-state index in [4.69, 9.17) is 0 Å². The van der Waals surface area contributed by atoms with Gasteiger partial charge in [-0.25, -0.2) is 0 Å². The lowest BCUT2D eigenvalue weighted by Gasteiger charge is -2.26. The molecule has 1 saturated heterocycles. The van der Waals surface area contributed by atoms with Crippen LogP contribution in [0.4, 0.5) is 0 Å². The molecule has 2 unspecified atom stereocenters. The molecular formula is C12H20N2OS. The van der Waals surface area contributed by atoms with Gasteiger partial charge >= 0.3 is 0 Å². The summed E-state index contributed by atoms with van der Waals surface area (Å²) in [7, 11) is 1.95. The zero-order valence-electron chi connectivity index (χ0n) is 10.0. The van der Waals surface area contributed by atoms with E-state index >= 15 is 0 Å². The van der Waals surface area contributed by atoms with E-state index in [2.05, 4.69) is 11.2 Å². The molecule has 2 heterocycles. The first kappa shape index (κ1) is 12.0. The fourth-order valence-electron chi connectivity index (χ4n) is 2.27. The third kappa shape index (κ3) is 2.80. The van der Waals surface area contributed by atoms with Gasteiger partial charge in [0.05, 0.1) is 11.8 Å². The number of hydrogen-bond acceptors (Lipinski definition) is 3. The Hall–Kier alpha value is -0.480. The number of thioether (sulfide) groups is 1. The van der Waals surface area contributed by atoms with Crippen molar-refractivity contribution < 1.29 is 5.11 Å². The fraction of sp³-hybridized carbons (Fsp3) is 0.750. The van der Waals surface area contributed by atoms with E-state index in [-0.39, 0.29) is 6.10 Å². The standard InChI is InChI=1S/C12H20N2OS/c1-9-7-10(14(2)13-9)8-11(15)12-5-3-4-6-16-12/h7,11-12,15H,3-6,8H2,1-2H3. The molecular weight excluding hydrogens is 220 g/mol. The number of aliphatic hydroxyl groups is 1. The van der Waals surface area contributed by atoms with Crippen molar-refractivity contribution in [1.82, 2.24) is 9.78 Å². The van der Waals surface area contributed by atoms with Gasteiger partial charge in [-0.3, -0.25) is 4.68 Å². The van der Waals surface area contributed by atoms with Crippen LogP contribution in [0.3, 0.4) is 0 Å². The summed E-state index contributed by atoms with van der Waals surface area (Å²) in [5.41, 5.74) is 2.16. The van der Waals surface area contributed by atoms with Crippen molar-refractivity contribution in [3.8, 4) is 0 Å². The van der Waals surface area contributed by atoms with Crippen molar-refractivity contribution in [2.75, 3.05) is 5.75 Å². The van der Waals surface area contributed by atoms with E-state index in [1.807, 2.05) is 30.4 Å². The molecule has 0 spiro atoms. The summed E-state index contributed by atoms with van der Waals surface area (Å²) in [6.45, 7) is 1.99. The van der Waals surface area contributed by atoms with Crippen molar-refractivity contribution in [1.29, 1.82) is 0 Å². The molecule has 0 radical (unpaired) electrons. The molecule has 1 fully saturated rings. The largest absolute Gasteiger partial charge is 0.392 e. The Morgan fingerprint density at radius 1 is 1.62 bits per heavy atom. The molecule has 3 nitrogen and oxygen atoms in total. The maximum Gasteiger partial charge on any atom is 0.0713 e. The van der Waals surface area contributed by atoms with E-state index in [0.29, 0.717) is 5.25 Å².